The topological polar surface area (TPSA) is 53.4 Å². The van der Waals surface area contributed by atoms with Crippen molar-refractivity contribution < 1.29 is 22.7 Å². The van der Waals surface area contributed by atoms with Gasteiger partial charge < -0.3 is 4.74 Å². The number of carbonyl (C=O) groups is 1. The fraction of sp³-hybridized carbons (Fsp3) is 0.111. The van der Waals surface area contributed by atoms with Gasteiger partial charge in [-0.05, 0) is 42.1 Å². The lowest BCUT2D eigenvalue weighted by molar-refractivity contribution is -0.137. The normalized spacial score (nSPS) is 16.5. The number of thioether (sulfide) groups is 1. The maximum absolute atomic E-state index is 12.9. The zero-order valence-corrected chi connectivity index (χ0v) is 14.3. The lowest BCUT2D eigenvalue weighted by atomic mass is 10.1. The van der Waals surface area contributed by atoms with Crippen LogP contribution in [-0.4, -0.2) is 18.2 Å². The summed E-state index contributed by atoms with van der Waals surface area (Å²) in [5, 5.41) is 7.85. The number of nitrogens with one attached hydrogen (secondary N) is 1. The zero-order chi connectivity index (χ0) is 18.9. The average Bonchev–Trinajstić information content (AvgIpc) is 2.88. The molecule has 1 fully saturated rings. The maximum Gasteiger partial charge on any atom is 0.416 e. The standard InChI is InChI=1S/C18H13F3N2O2S/c1-25-14-8-3-2-5-11(14)9-15-16(24)23(17(22)26-15)13-7-4-6-12(10-13)18(19,20)21/h2-10,22H,1H3/b15-9-,22-17?. The first-order chi connectivity index (χ1) is 12.3. The van der Waals surface area contributed by atoms with Crippen molar-refractivity contribution >= 4 is 34.6 Å². The Kier molecular flexibility index (Phi) is 4.78. The molecule has 134 valence electrons. The van der Waals surface area contributed by atoms with Gasteiger partial charge in [-0.2, -0.15) is 13.2 Å². The number of ether oxygens (including phenoxy) is 1. The summed E-state index contributed by atoms with van der Waals surface area (Å²) in [6, 6.07) is 11.4. The van der Waals surface area contributed by atoms with Gasteiger partial charge in [0.05, 0.1) is 23.3 Å². The van der Waals surface area contributed by atoms with Gasteiger partial charge in [0.25, 0.3) is 5.91 Å². The first kappa shape index (κ1) is 18.1. The second-order valence-corrected chi connectivity index (χ2v) is 6.38. The minimum atomic E-state index is -4.52. The van der Waals surface area contributed by atoms with Crippen LogP contribution in [0.4, 0.5) is 18.9 Å². The van der Waals surface area contributed by atoms with E-state index in [0.29, 0.717) is 11.3 Å². The lowest BCUT2D eigenvalue weighted by Gasteiger charge is -2.16. The van der Waals surface area contributed by atoms with Gasteiger partial charge in [0, 0.05) is 5.56 Å². The highest BCUT2D eigenvalue weighted by molar-refractivity contribution is 8.19. The van der Waals surface area contributed by atoms with E-state index in [2.05, 4.69) is 0 Å². The molecule has 0 radical (unpaired) electrons. The maximum atomic E-state index is 12.9. The third kappa shape index (κ3) is 3.45. The summed E-state index contributed by atoms with van der Waals surface area (Å²) in [5.41, 5.74) is -0.224. The van der Waals surface area contributed by atoms with Crippen LogP contribution in [0.2, 0.25) is 0 Å². The van der Waals surface area contributed by atoms with E-state index < -0.39 is 17.6 Å². The van der Waals surface area contributed by atoms with Crippen LogP contribution in [0.3, 0.4) is 0 Å². The predicted molar refractivity (Wildman–Crippen MR) is 95.2 cm³/mol. The van der Waals surface area contributed by atoms with E-state index in [9.17, 15) is 18.0 Å². The first-order valence-electron chi connectivity index (χ1n) is 7.44. The summed E-state index contributed by atoms with van der Waals surface area (Å²) in [4.78, 5) is 13.8. The molecule has 1 aliphatic rings. The Bertz CT molecular complexity index is 909. The Labute approximate surface area is 151 Å². The minimum Gasteiger partial charge on any atom is -0.496 e. The Morgan fingerprint density at radius 1 is 1.15 bits per heavy atom. The summed E-state index contributed by atoms with van der Waals surface area (Å²) in [6.45, 7) is 0. The highest BCUT2D eigenvalue weighted by Crippen LogP contribution is 2.38. The van der Waals surface area contributed by atoms with E-state index in [4.69, 9.17) is 10.1 Å². The first-order valence-corrected chi connectivity index (χ1v) is 8.26. The molecule has 1 aliphatic heterocycles. The molecule has 4 nitrogen and oxygen atoms in total. The van der Waals surface area contributed by atoms with E-state index in [1.807, 2.05) is 0 Å². The number of halogens is 3. The van der Waals surface area contributed by atoms with Crippen LogP contribution < -0.4 is 9.64 Å². The molecule has 1 saturated heterocycles. The Hall–Kier alpha value is -2.74. The number of alkyl halides is 3. The quantitative estimate of drug-likeness (QED) is 0.783. The van der Waals surface area contributed by atoms with Crippen molar-refractivity contribution in [2.75, 3.05) is 12.0 Å². The number of nitrogens with zero attached hydrogens (tertiary/aromatic N) is 1. The number of anilines is 1. The van der Waals surface area contributed by atoms with Crippen molar-refractivity contribution in [3.63, 3.8) is 0 Å². The number of amides is 1. The van der Waals surface area contributed by atoms with Crippen LogP contribution in [0, 0.1) is 5.41 Å². The van der Waals surface area contributed by atoms with Gasteiger partial charge in [0.1, 0.15) is 5.75 Å². The Balaban J connectivity index is 1.96. The highest BCUT2D eigenvalue weighted by Gasteiger charge is 2.36. The molecule has 2 aromatic carbocycles. The van der Waals surface area contributed by atoms with Crippen LogP contribution in [0.25, 0.3) is 6.08 Å². The summed E-state index contributed by atoms with van der Waals surface area (Å²) in [5.74, 6) is 0.00248. The number of amidine groups is 1. The third-order valence-electron chi connectivity index (χ3n) is 3.68. The van der Waals surface area contributed by atoms with Gasteiger partial charge in [0.15, 0.2) is 5.17 Å². The summed E-state index contributed by atoms with van der Waals surface area (Å²) in [7, 11) is 1.50. The molecule has 0 atom stereocenters. The lowest BCUT2D eigenvalue weighted by Crippen LogP contribution is -2.28. The van der Waals surface area contributed by atoms with Crippen molar-refractivity contribution in [3.05, 3.63) is 64.6 Å². The van der Waals surface area contributed by atoms with E-state index >= 15 is 0 Å². The number of para-hydroxylation sites is 1. The molecule has 3 rings (SSSR count). The smallest absolute Gasteiger partial charge is 0.416 e. The predicted octanol–water partition coefficient (Wildman–Crippen LogP) is 4.77. The molecule has 0 spiro atoms. The second kappa shape index (κ2) is 6.87. The summed E-state index contributed by atoms with van der Waals surface area (Å²) in [6.07, 6.45) is -2.96. The van der Waals surface area contributed by atoms with Gasteiger partial charge in [-0.25, -0.2) is 0 Å². The van der Waals surface area contributed by atoms with Crippen molar-refractivity contribution in [3.8, 4) is 5.75 Å². The fourth-order valence-corrected chi connectivity index (χ4v) is 3.32. The minimum absolute atomic E-state index is 0.00533. The molecule has 0 aliphatic carbocycles. The number of benzene rings is 2. The molecule has 26 heavy (non-hydrogen) atoms. The van der Waals surface area contributed by atoms with E-state index in [-0.39, 0.29) is 15.8 Å². The van der Waals surface area contributed by atoms with Gasteiger partial charge in [-0.15, -0.1) is 0 Å². The largest absolute Gasteiger partial charge is 0.496 e. The molecule has 0 bridgehead atoms. The molecule has 0 aromatic heterocycles. The van der Waals surface area contributed by atoms with Crippen LogP contribution >= 0.6 is 11.8 Å². The van der Waals surface area contributed by atoms with Gasteiger partial charge in [-0.1, -0.05) is 24.3 Å². The van der Waals surface area contributed by atoms with Crippen molar-refractivity contribution in [2.24, 2.45) is 0 Å². The number of hydrogen-bond donors (Lipinski definition) is 1. The SMILES string of the molecule is COc1ccccc1/C=C1\SC(=N)N(c2cccc(C(F)(F)F)c2)C1=O. The molecule has 8 heteroatoms. The van der Waals surface area contributed by atoms with Crippen LogP contribution in [0.5, 0.6) is 5.75 Å². The average molecular weight is 378 g/mol. The van der Waals surface area contributed by atoms with Crippen LogP contribution in [0.15, 0.2) is 53.4 Å². The van der Waals surface area contributed by atoms with E-state index in [1.165, 1.54) is 19.2 Å². The van der Waals surface area contributed by atoms with Crippen molar-refractivity contribution in [1.29, 1.82) is 5.41 Å². The molecule has 1 amide bonds. The third-order valence-corrected chi connectivity index (χ3v) is 4.57. The Morgan fingerprint density at radius 3 is 2.58 bits per heavy atom. The van der Waals surface area contributed by atoms with E-state index in [1.54, 1.807) is 30.3 Å². The summed E-state index contributed by atoms with van der Waals surface area (Å²) >= 11 is 0.888. The van der Waals surface area contributed by atoms with Crippen molar-refractivity contribution in [2.45, 2.75) is 6.18 Å². The van der Waals surface area contributed by atoms with Crippen LogP contribution in [-0.2, 0) is 11.0 Å². The number of hydrogen-bond acceptors (Lipinski definition) is 4. The van der Waals surface area contributed by atoms with Gasteiger partial charge >= 0.3 is 6.18 Å². The monoisotopic (exact) mass is 378 g/mol. The van der Waals surface area contributed by atoms with E-state index in [0.717, 1.165) is 28.8 Å². The van der Waals surface area contributed by atoms with Crippen molar-refractivity contribution in [1.82, 2.24) is 0 Å². The second-order valence-electron chi connectivity index (χ2n) is 5.35. The Morgan fingerprint density at radius 2 is 1.88 bits per heavy atom. The molecule has 1 heterocycles. The number of rotatable bonds is 3. The van der Waals surface area contributed by atoms with Gasteiger partial charge in [0.2, 0.25) is 0 Å². The molecule has 2 aromatic rings. The zero-order valence-electron chi connectivity index (χ0n) is 13.5. The highest BCUT2D eigenvalue weighted by atomic mass is 32.2. The number of methoxy groups -OCH3 is 1. The fourth-order valence-electron chi connectivity index (χ4n) is 2.47. The number of carbonyl (C=O) groups excluding carboxylic acids is 1. The van der Waals surface area contributed by atoms with Crippen LogP contribution in [0.1, 0.15) is 11.1 Å². The molecular formula is C18H13F3N2O2S. The molecular weight excluding hydrogens is 365 g/mol. The van der Waals surface area contributed by atoms with Gasteiger partial charge in [-0.3, -0.25) is 15.1 Å². The summed E-state index contributed by atoms with van der Waals surface area (Å²) < 4.78 is 44.0. The molecule has 1 N–H and O–H groups in total. The molecule has 0 unspecified atom stereocenters. The molecule has 0 saturated carbocycles.